The van der Waals surface area contributed by atoms with Gasteiger partial charge < -0.3 is 25.8 Å². The van der Waals surface area contributed by atoms with Crippen LogP contribution >= 0.6 is 0 Å². The number of aliphatic carboxylic acids is 1. The van der Waals surface area contributed by atoms with Gasteiger partial charge in [-0.1, -0.05) is 6.07 Å². The molecular formula is C11H13NO6. The third-order valence-corrected chi connectivity index (χ3v) is 2.40. The molecule has 0 spiro atoms. The molecule has 0 fully saturated rings. The average molecular weight is 255 g/mol. The highest BCUT2D eigenvalue weighted by Gasteiger charge is 2.28. The van der Waals surface area contributed by atoms with Crippen LogP contribution in [0.3, 0.4) is 0 Å². The lowest BCUT2D eigenvalue weighted by Crippen LogP contribution is -2.29. The zero-order valence-corrected chi connectivity index (χ0v) is 9.53. The molecule has 1 amide bonds. The molecule has 7 nitrogen and oxygen atoms in total. The predicted octanol–water partition coefficient (Wildman–Crippen LogP) is -0.727. The summed E-state index contributed by atoms with van der Waals surface area (Å²) < 4.78 is 4.88. The SMILES string of the molecule is COc1ccc(C(O)C(O)C(=O)O)c(C(N)=O)c1. The average Bonchev–Trinajstić information content (AvgIpc) is 2.35. The number of rotatable bonds is 5. The van der Waals surface area contributed by atoms with E-state index in [0.29, 0.717) is 5.75 Å². The Morgan fingerprint density at radius 2 is 1.94 bits per heavy atom. The van der Waals surface area contributed by atoms with Crippen LogP contribution in [0.4, 0.5) is 0 Å². The minimum Gasteiger partial charge on any atom is -0.497 e. The van der Waals surface area contributed by atoms with Gasteiger partial charge in [-0.15, -0.1) is 0 Å². The van der Waals surface area contributed by atoms with Crippen LogP contribution < -0.4 is 10.5 Å². The Balaban J connectivity index is 3.23. The monoisotopic (exact) mass is 255 g/mol. The highest BCUT2D eigenvalue weighted by Crippen LogP contribution is 2.25. The van der Waals surface area contributed by atoms with Crippen LogP contribution in [0.5, 0.6) is 5.75 Å². The van der Waals surface area contributed by atoms with Gasteiger partial charge in [0.15, 0.2) is 6.10 Å². The summed E-state index contributed by atoms with van der Waals surface area (Å²) >= 11 is 0. The quantitative estimate of drug-likeness (QED) is 0.549. The molecule has 5 N–H and O–H groups in total. The number of aliphatic hydroxyl groups excluding tert-OH is 2. The molecule has 18 heavy (non-hydrogen) atoms. The van der Waals surface area contributed by atoms with Crippen LogP contribution in [-0.2, 0) is 4.79 Å². The molecule has 1 rings (SSSR count). The number of methoxy groups -OCH3 is 1. The fraction of sp³-hybridized carbons (Fsp3) is 0.273. The summed E-state index contributed by atoms with van der Waals surface area (Å²) in [5.41, 5.74) is 4.94. The predicted molar refractivity (Wildman–Crippen MR) is 60.1 cm³/mol. The van der Waals surface area contributed by atoms with Gasteiger partial charge in [-0.05, 0) is 17.7 Å². The van der Waals surface area contributed by atoms with Gasteiger partial charge in [0.1, 0.15) is 11.9 Å². The third kappa shape index (κ3) is 2.76. The molecule has 0 aliphatic rings. The topological polar surface area (TPSA) is 130 Å². The molecule has 0 aliphatic heterocycles. The molecule has 2 atom stereocenters. The fourth-order valence-corrected chi connectivity index (χ4v) is 1.44. The molecule has 1 aromatic rings. The van der Waals surface area contributed by atoms with Crippen molar-refractivity contribution in [2.24, 2.45) is 5.73 Å². The van der Waals surface area contributed by atoms with E-state index in [4.69, 9.17) is 15.6 Å². The molecule has 0 aromatic heterocycles. The maximum atomic E-state index is 11.2. The molecule has 0 radical (unpaired) electrons. The normalized spacial score (nSPS) is 13.7. The first-order chi connectivity index (χ1) is 8.38. The third-order valence-electron chi connectivity index (χ3n) is 2.40. The lowest BCUT2D eigenvalue weighted by molar-refractivity contribution is -0.153. The fourth-order valence-electron chi connectivity index (χ4n) is 1.44. The van der Waals surface area contributed by atoms with Crippen LogP contribution in [0, 0.1) is 0 Å². The zero-order chi connectivity index (χ0) is 13.9. The lowest BCUT2D eigenvalue weighted by Gasteiger charge is -2.17. The Morgan fingerprint density at radius 3 is 2.39 bits per heavy atom. The second kappa shape index (κ2) is 5.48. The Hall–Kier alpha value is -2.12. The molecule has 0 bridgehead atoms. The van der Waals surface area contributed by atoms with Gasteiger partial charge in [0, 0.05) is 5.56 Å². The number of hydrogen-bond donors (Lipinski definition) is 4. The highest BCUT2D eigenvalue weighted by atomic mass is 16.5. The molecule has 0 saturated carbocycles. The number of ether oxygens (including phenoxy) is 1. The summed E-state index contributed by atoms with van der Waals surface area (Å²) in [6.45, 7) is 0. The molecule has 7 heteroatoms. The molecule has 0 saturated heterocycles. The minimum absolute atomic E-state index is 0.0711. The molecule has 1 aromatic carbocycles. The molecule has 0 heterocycles. The zero-order valence-electron chi connectivity index (χ0n) is 9.53. The van der Waals surface area contributed by atoms with Crippen molar-refractivity contribution >= 4 is 11.9 Å². The number of carboxylic acid groups (broad SMARTS) is 1. The number of primary amides is 1. The van der Waals surface area contributed by atoms with Crippen LogP contribution in [0.1, 0.15) is 22.0 Å². The van der Waals surface area contributed by atoms with E-state index in [0.717, 1.165) is 0 Å². The van der Waals surface area contributed by atoms with Gasteiger partial charge in [-0.3, -0.25) is 4.79 Å². The standard InChI is InChI=1S/C11H13NO6/c1-18-5-2-3-6(7(4-5)10(12)15)8(13)9(14)11(16)17/h2-4,8-9,13-14H,1H3,(H2,12,15)(H,16,17). The van der Waals surface area contributed by atoms with Gasteiger partial charge >= 0.3 is 5.97 Å². The maximum absolute atomic E-state index is 11.2. The number of carbonyl (C=O) groups excluding carboxylic acids is 1. The Morgan fingerprint density at radius 1 is 1.33 bits per heavy atom. The van der Waals surface area contributed by atoms with Gasteiger partial charge in [-0.2, -0.15) is 0 Å². The van der Waals surface area contributed by atoms with E-state index in [9.17, 15) is 19.8 Å². The Kier molecular flexibility index (Phi) is 4.24. The smallest absolute Gasteiger partial charge is 0.335 e. The van der Waals surface area contributed by atoms with E-state index in [1.54, 1.807) is 0 Å². The summed E-state index contributed by atoms with van der Waals surface area (Å²) in [4.78, 5) is 21.8. The highest BCUT2D eigenvalue weighted by molar-refractivity contribution is 5.95. The number of nitrogens with two attached hydrogens (primary N) is 1. The van der Waals surface area contributed by atoms with Crippen molar-refractivity contribution in [1.29, 1.82) is 0 Å². The van der Waals surface area contributed by atoms with E-state index in [1.165, 1.54) is 25.3 Å². The molecule has 2 unspecified atom stereocenters. The summed E-state index contributed by atoms with van der Waals surface area (Å²) in [6.07, 6.45) is -3.80. The van der Waals surface area contributed by atoms with Crippen molar-refractivity contribution in [2.45, 2.75) is 12.2 Å². The van der Waals surface area contributed by atoms with Gasteiger partial charge in [0.25, 0.3) is 0 Å². The maximum Gasteiger partial charge on any atom is 0.335 e. The molecular weight excluding hydrogens is 242 g/mol. The molecule has 98 valence electrons. The van der Waals surface area contributed by atoms with Crippen molar-refractivity contribution in [3.8, 4) is 5.75 Å². The van der Waals surface area contributed by atoms with E-state index in [-0.39, 0.29) is 11.1 Å². The summed E-state index contributed by atoms with van der Waals surface area (Å²) in [5, 5.41) is 27.5. The number of aliphatic hydroxyl groups is 2. The second-order valence-corrected chi connectivity index (χ2v) is 3.55. The van der Waals surface area contributed by atoms with E-state index in [1.807, 2.05) is 0 Å². The van der Waals surface area contributed by atoms with Crippen molar-refractivity contribution in [3.05, 3.63) is 29.3 Å². The first kappa shape index (κ1) is 13.9. The van der Waals surface area contributed by atoms with Crippen molar-refractivity contribution < 1.29 is 29.6 Å². The van der Waals surface area contributed by atoms with Crippen LogP contribution in [-0.4, -0.2) is 40.4 Å². The lowest BCUT2D eigenvalue weighted by atomic mass is 9.98. The van der Waals surface area contributed by atoms with E-state index < -0.39 is 24.1 Å². The van der Waals surface area contributed by atoms with Crippen LogP contribution in [0.2, 0.25) is 0 Å². The number of amides is 1. The second-order valence-electron chi connectivity index (χ2n) is 3.55. The van der Waals surface area contributed by atoms with Gasteiger partial charge in [0.2, 0.25) is 5.91 Å². The Labute approximate surface area is 102 Å². The van der Waals surface area contributed by atoms with Crippen LogP contribution in [0.15, 0.2) is 18.2 Å². The van der Waals surface area contributed by atoms with Gasteiger partial charge in [0.05, 0.1) is 7.11 Å². The minimum atomic E-state index is -2.04. The van der Waals surface area contributed by atoms with Gasteiger partial charge in [-0.25, -0.2) is 4.79 Å². The number of carboxylic acids is 1. The van der Waals surface area contributed by atoms with Crippen molar-refractivity contribution in [2.75, 3.05) is 7.11 Å². The van der Waals surface area contributed by atoms with Crippen molar-refractivity contribution in [3.63, 3.8) is 0 Å². The van der Waals surface area contributed by atoms with Crippen LogP contribution in [0.25, 0.3) is 0 Å². The Bertz CT molecular complexity index is 473. The summed E-state index contributed by atoms with van der Waals surface area (Å²) in [5.74, 6) is -2.14. The van der Waals surface area contributed by atoms with Crippen molar-refractivity contribution in [1.82, 2.24) is 0 Å². The van der Waals surface area contributed by atoms with E-state index >= 15 is 0 Å². The number of hydrogen-bond acceptors (Lipinski definition) is 5. The summed E-state index contributed by atoms with van der Waals surface area (Å²) in [7, 11) is 1.38. The number of benzene rings is 1. The first-order valence-corrected chi connectivity index (χ1v) is 4.95. The van der Waals surface area contributed by atoms with E-state index in [2.05, 4.69) is 0 Å². The first-order valence-electron chi connectivity index (χ1n) is 4.95. The number of carbonyl (C=O) groups is 2. The largest absolute Gasteiger partial charge is 0.497 e. The summed E-state index contributed by atoms with van der Waals surface area (Å²) in [6, 6.07) is 3.95. The molecule has 0 aliphatic carbocycles.